The minimum absolute atomic E-state index is 0.162. The molecule has 1 aromatic carbocycles. The van der Waals surface area contributed by atoms with Crippen LogP contribution in [0.15, 0.2) is 24.3 Å². The molecule has 0 radical (unpaired) electrons. The SMILES string of the molecule is CCCC1NC(=O)N(Cc2ccccc2N)C1=O. The van der Waals surface area contributed by atoms with E-state index in [1.807, 2.05) is 25.1 Å². The van der Waals surface area contributed by atoms with Crippen molar-refractivity contribution in [3.63, 3.8) is 0 Å². The quantitative estimate of drug-likeness (QED) is 0.625. The minimum atomic E-state index is -0.382. The summed E-state index contributed by atoms with van der Waals surface area (Å²) in [4.78, 5) is 25.0. The predicted molar refractivity (Wildman–Crippen MR) is 68.6 cm³/mol. The lowest BCUT2D eigenvalue weighted by Crippen LogP contribution is -2.31. The largest absolute Gasteiger partial charge is 0.398 e. The molecule has 0 aromatic heterocycles. The van der Waals surface area contributed by atoms with E-state index in [4.69, 9.17) is 5.73 Å². The van der Waals surface area contributed by atoms with Gasteiger partial charge >= 0.3 is 6.03 Å². The predicted octanol–water partition coefficient (Wildman–Crippen LogP) is 1.49. The molecule has 1 heterocycles. The monoisotopic (exact) mass is 247 g/mol. The van der Waals surface area contributed by atoms with Crippen molar-refractivity contribution in [2.24, 2.45) is 0 Å². The first-order chi connectivity index (χ1) is 8.63. The number of nitrogens with zero attached hydrogens (tertiary/aromatic N) is 1. The lowest BCUT2D eigenvalue weighted by atomic mass is 10.1. The zero-order valence-corrected chi connectivity index (χ0v) is 10.3. The van der Waals surface area contributed by atoms with Crippen molar-refractivity contribution in [2.45, 2.75) is 32.4 Å². The van der Waals surface area contributed by atoms with Gasteiger partial charge in [-0.05, 0) is 18.1 Å². The van der Waals surface area contributed by atoms with E-state index in [0.29, 0.717) is 12.1 Å². The maximum absolute atomic E-state index is 12.0. The summed E-state index contributed by atoms with van der Waals surface area (Å²) in [6.45, 7) is 2.22. The highest BCUT2D eigenvalue weighted by Gasteiger charge is 2.37. The molecule has 1 saturated heterocycles. The van der Waals surface area contributed by atoms with Gasteiger partial charge < -0.3 is 11.1 Å². The van der Waals surface area contributed by atoms with E-state index in [1.54, 1.807) is 6.07 Å². The Hall–Kier alpha value is -2.04. The number of nitrogen functional groups attached to an aromatic ring is 1. The highest BCUT2D eigenvalue weighted by atomic mass is 16.2. The molecule has 2 rings (SSSR count). The number of carbonyl (C=O) groups is 2. The van der Waals surface area contributed by atoms with Crippen LogP contribution in [0.25, 0.3) is 0 Å². The molecule has 0 aliphatic carbocycles. The van der Waals surface area contributed by atoms with Crippen LogP contribution < -0.4 is 11.1 Å². The highest BCUT2D eigenvalue weighted by Crippen LogP contribution is 2.18. The maximum atomic E-state index is 12.0. The second-order valence-corrected chi connectivity index (χ2v) is 4.41. The van der Waals surface area contributed by atoms with Crippen molar-refractivity contribution < 1.29 is 9.59 Å². The fourth-order valence-electron chi connectivity index (χ4n) is 2.06. The third kappa shape index (κ3) is 2.30. The lowest BCUT2D eigenvalue weighted by molar-refractivity contribution is -0.128. The molecule has 0 bridgehead atoms. The van der Waals surface area contributed by atoms with Gasteiger partial charge in [0, 0.05) is 5.69 Å². The van der Waals surface area contributed by atoms with E-state index in [2.05, 4.69) is 5.32 Å². The molecule has 1 aromatic rings. The zero-order chi connectivity index (χ0) is 13.1. The molecule has 3 amide bonds. The number of rotatable bonds is 4. The average molecular weight is 247 g/mol. The van der Waals surface area contributed by atoms with Crippen LogP contribution in [-0.2, 0) is 11.3 Å². The van der Waals surface area contributed by atoms with Gasteiger partial charge in [-0.25, -0.2) is 4.79 Å². The van der Waals surface area contributed by atoms with E-state index in [0.717, 1.165) is 12.0 Å². The number of nitrogens with one attached hydrogen (secondary N) is 1. The number of hydrogen-bond donors (Lipinski definition) is 2. The molecule has 3 N–H and O–H groups in total. The summed E-state index contributed by atoms with van der Waals surface area (Å²) in [6.07, 6.45) is 1.53. The molecule has 5 nitrogen and oxygen atoms in total. The molecule has 1 unspecified atom stereocenters. The summed E-state index contributed by atoms with van der Waals surface area (Å²) in [6, 6.07) is 6.53. The van der Waals surface area contributed by atoms with E-state index < -0.39 is 0 Å². The number of nitrogens with two attached hydrogens (primary N) is 1. The maximum Gasteiger partial charge on any atom is 0.325 e. The Labute approximate surface area is 106 Å². The second-order valence-electron chi connectivity index (χ2n) is 4.41. The van der Waals surface area contributed by atoms with Gasteiger partial charge in [0.05, 0.1) is 6.54 Å². The molecule has 1 fully saturated rings. The smallest absolute Gasteiger partial charge is 0.325 e. The highest BCUT2D eigenvalue weighted by molar-refractivity contribution is 6.04. The van der Waals surface area contributed by atoms with E-state index >= 15 is 0 Å². The summed E-state index contributed by atoms with van der Waals surface area (Å²) in [5, 5.41) is 2.69. The molecule has 18 heavy (non-hydrogen) atoms. The van der Waals surface area contributed by atoms with Gasteiger partial charge in [0.1, 0.15) is 6.04 Å². The van der Waals surface area contributed by atoms with Gasteiger partial charge in [-0.1, -0.05) is 31.5 Å². The number of hydrogen-bond acceptors (Lipinski definition) is 3. The standard InChI is InChI=1S/C13H17N3O2/c1-2-5-11-12(17)16(13(18)15-11)8-9-6-3-4-7-10(9)14/h3-4,6-7,11H,2,5,8,14H2,1H3,(H,15,18). The Kier molecular flexibility index (Phi) is 3.50. The Morgan fingerprint density at radius 3 is 2.72 bits per heavy atom. The molecule has 0 saturated carbocycles. The Balaban J connectivity index is 2.12. The second kappa shape index (κ2) is 5.08. The number of anilines is 1. The molecule has 0 spiro atoms. The summed E-state index contributed by atoms with van der Waals surface area (Å²) < 4.78 is 0. The summed E-state index contributed by atoms with van der Waals surface area (Å²) in [5.41, 5.74) is 7.20. The van der Waals surface area contributed by atoms with Crippen molar-refractivity contribution in [3.8, 4) is 0 Å². The molecular weight excluding hydrogens is 230 g/mol. The summed E-state index contributed by atoms with van der Waals surface area (Å²) in [5.74, 6) is -0.162. The molecule has 96 valence electrons. The van der Waals surface area contributed by atoms with Crippen LogP contribution in [0.4, 0.5) is 10.5 Å². The number of urea groups is 1. The van der Waals surface area contributed by atoms with Crippen LogP contribution in [0.2, 0.25) is 0 Å². The van der Waals surface area contributed by atoms with Crippen LogP contribution in [-0.4, -0.2) is 22.9 Å². The van der Waals surface area contributed by atoms with E-state index in [-0.39, 0.29) is 24.5 Å². The molecule has 1 atom stereocenters. The first-order valence-corrected chi connectivity index (χ1v) is 6.08. The number of benzene rings is 1. The Morgan fingerprint density at radius 2 is 2.06 bits per heavy atom. The van der Waals surface area contributed by atoms with E-state index in [1.165, 1.54) is 4.90 Å². The molecule has 5 heteroatoms. The third-order valence-corrected chi connectivity index (χ3v) is 3.07. The van der Waals surface area contributed by atoms with Crippen molar-refractivity contribution in [2.75, 3.05) is 5.73 Å². The minimum Gasteiger partial charge on any atom is -0.398 e. The summed E-state index contributed by atoms with van der Waals surface area (Å²) in [7, 11) is 0. The average Bonchev–Trinajstić information content (AvgIpc) is 2.60. The Morgan fingerprint density at radius 1 is 1.33 bits per heavy atom. The lowest BCUT2D eigenvalue weighted by Gasteiger charge is -2.14. The number of imide groups is 1. The number of carbonyl (C=O) groups excluding carboxylic acids is 2. The Bertz CT molecular complexity index is 473. The topological polar surface area (TPSA) is 75.4 Å². The third-order valence-electron chi connectivity index (χ3n) is 3.07. The van der Waals surface area contributed by atoms with Gasteiger partial charge in [-0.2, -0.15) is 0 Å². The first-order valence-electron chi connectivity index (χ1n) is 6.08. The summed E-state index contributed by atoms with van der Waals surface area (Å²) >= 11 is 0. The van der Waals surface area contributed by atoms with Crippen LogP contribution >= 0.6 is 0 Å². The van der Waals surface area contributed by atoms with Crippen LogP contribution in [0, 0.1) is 0 Å². The number of para-hydroxylation sites is 1. The van der Waals surface area contributed by atoms with Gasteiger partial charge in [-0.15, -0.1) is 0 Å². The molecular formula is C13H17N3O2. The van der Waals surface area contributed by atoms with Gasteiger partial charge in [0.15, 0.2) is 0 Å². The van der Waals surface area contributed by atoms with Gasteiger partial charge in [-0.3, -0.25) is 9.69 Å². The number of amides is 3. The van der Waals surface area contributed by atoms with Crippen LogP contribution in [0.3, 0.4) is 0 Å². The van der Waals surface area contributed by atoms with Gasteiger partial charge in [0.25, 0.3) is 5.91 Å². The fraction of sp³-hybridized carbons (Fsp3) is 0.385. The zero-order valence-electron chi connectivity index (χ0n) is 10.3. The van der Waals surface area contributed by atoms with E-state index in [9.17, 15) is 9.59 Å². The van der Waals surface area contributed by atoms with Crippen LogP contribution in [0.1, 0.15) is 25.3 Å². The van der Waals surface area contributed by atoms with Crippen molar-refractivity contribution >= 4 is 17.6 Å². The normalized spacial score (nSPS) is 19.2. The molecule has 1 aliphatic heterocycles. The van der Waals surface area contributed by atoms with Crippen LogP contribution in [0.5, 0.6) is 0 Å². The first kappa shape index (κ1) is 12.4. The fourth-order valence-corrected chi connectivity index (χ4v) is 2.06. The van der Waals surface area contributed by atoms with Crippen molar-refractivity contribution in [1.29, 1.82) is 0 Å². The van der Waals surface area contributed by atoms with Crippen molar-refractivity contribution in [3.05, 3.63) is 29.8 Å². The molecule has 1 aliphatic rings. The van der Waals surface area contributed by atoms with Crippen molar-refractivity contribution in [1.82, 2.24) is 10.2 Å². The van der Waals surface area contributed by atoms with Gasteiger partial charge in [0.2, 0.25) is 0 Å².